The largest absolute Gasteiger partial charge is 0.444 e. The molecule has 3 aromatic rings. The molecule has 2 aliphatic rings. The lowest BCUT2D eigenvalue weighted by Crippen LogP contribution is -2.64. The van der Waals surface area contributed by atoms with Crippen molar-refractivity contribution in [1.82, 2.24) is 23.9 Å². The van der Waals surface area contributed by atoms with E-state index < -0.39 is 15.6 Å². The van der Waals surface area contributed by atoms with Gasteiger partial charge in [-0.2, -0.15) is 4.31 Å². The molecule has 2 aliphatic heterocycles. The highest BCUT2D eigenvalue weighted by atomic mass is 32.2. The highest BCUT2D eigenvalue weighted by Crippen LogP contribution is 2.42. The number of amides is 2. The molecule has 2 amide bonds. The molecule has 0 radical (unpaired) electrons. The average molecular weight is 540 g/mol. The topological polar surface area (TPSA) is 113 Å². The van der Waals surface area contributed by atoms with Crippen LogP contribution >= 0.6 is 0 Å². The first-order valence-electron chi connectivity index (χ1n) is 12.7. The minimum absolute atomic E-state index is 0.216. The number of rotatable bonds is 5. The summed E-state index contributed by atoms with van der Waals surface area (Å²) in [5.74, 6) is -0.226. The SMILES string of the molecule is CC(C)(C)OC(=O)N1CCCC2(C1)CN(S(=O)(=O)c1ccc(CNC(=O)c3ccc4nccn4c3)cc1)C2. The molecule has 0 bridgehead atoms. The number of likely N-dealkylation sites (tertiary alicyclic amines) is 1. The van der Waals surface area contributed by atoms with Crippen LogP contribution in [0.25, 0.3) is 5.65 Å². The predicted molar refractivity (Wildman–Crippen MR) is 141 cm³/mol. The summed E-state index contributed by atoms with van der Waals surface area (Å²) in [4.78, 5) is 31.2. The quantitative estimate of drug-likeness (QED) is 0.532. The van der Waals surface area contributed by atoms with Crippen molar-refractivity contribution in [2.75, 3.05) is 26.2 Å². The Morgan fingerprint density at radius 1 is 1.08 bits per heavy atom. The fourth-order valence-electron chi connectivity index (χ4n) is 5.09. The van der Waals surface area contributed by atoms with Crippen molar-refractivity contribution >= 4 is 27.7 Å². The van der Waals surface area contributed by atoms with Crippen LogP contribution in [0.3, 0.4) is 0 Å². The van der Waals surface area contributed by atoms with Gasteiger partial charge in [0.2, 0.25) is 10.0 Å². The maximum atomic E-state index is 13.2. The van der Waals surface area contributed by atoms with E-state index in [9.17, 15) is 18.0 Å². The van der Waals surface area contributed by atoms with E-state index in [1.54, 1.807) is 64.3 Å². The standard InChI is InChI=1S/C27H33N5O5S/c1-26(2,3)37-25(34)31-13-4-11-27(17-31)18-32(19-27)38(35,36)22-8-5-20(6-9-22)15-29-24(33)21-7-10-23-28-12-14-30(23)16-21/h5-10,12,14,16H,4,11,13,15,17-19H2,1-3H3,(H,29,33). The van der Waals surface area contributed by atoms with Crippen LogP contribution in [0.4, 0.5) is 4.79 Å². The number of piperidine rings is 1. The molecular formula is C27H33N5O5S. The van der Waals surface area contributed by atoms with Crippen LogP contribution in [0, 0.1) is 5.41 Å². The molecule has 38 heavy (non-hydrogen) atoms. The fourth-order valence-corrected chi connectivity index (χ4v) is 6.75. The molecule has 2 saturated heterocycles. The van der Waals surface area contributed by atoms with E-state index >= 15 is 0 Å². The summed E-state index contributed by atoms with van der Waals surface area (Å²) in [5.41, 5.74) is 1.26. The maximum absolute atomic E-state index is 13.2. The first kappa shape index (κ1) is 26.2. The number of carbonyl (C=O) groups excluding carboxylic acids is 2. The Hall–Kier alpha value is -3.44. The number of fused-ring (bicyclic) bond motifs is 1. The van der Waals surface area contributed by atoms with Gasteiger partial charge in [-0.05, 0) is 63.4 Å². The fraction of sp³-hybridized carbons (Fsp3) is 0.444. The first-order chi connectivity index (χ1) is 17.9. The Bertz CT molecular complexity index is 1450. The van der Waals surface area contributed by atoms with Gasteiger partial charge >= 0.3 is 6.09 Å². The van der Waals surface area contributed by atoms with E-state index in [0.717, 1.165) is 24.1 Å². The Kier molecular flexibility index (Phi) is 6.68. The van der Waals surface area contributed by atoms with Gasteiger partial charge in [-0.1, -0.05) is 12.1 Å². The first-order valence-corrected chi connectivity index (χ1v) is 14.2. The Morgan fingerprint density at radius 2 is 1.82 bits per heavy atom. The maximum Gasteiger partial charge on any atom is 0.410 e. The number of hydrogen-bond donors (Lipinski definition) is 1. The van der Waals surface area contributed by atoms with Gasteiger partial charge in [-0.25, -0.2) is 18.2 Å². The molecule has 1 aromatic carbocycles. The van der Waals surface area contributed by atoms with E-state index in [1.807, 2.05) is 20.8 Å². The van der Waals surface area contributed by atoms with Gasteiger partial charge in [0, 0.05) is 56.7 Å². The molecule has 0 aliphatic carbocycles. The van der Waals surface area contributed by atoms with Crippen LogP contribution in [0.2, 0.25) is 0 Å². The van der Waals surface area contributed by atoms with Crippen molar-refractivity contribution in [2.24, 2.45) is 5.41 Å². The molecule has 0 saturated carbocycles. The molecule has 4 heterocycles. The van der Waals surface area contributed by atoms with Crippen LogP contribution in [-0.4, -0.2) is 70.8 Å². The van der Waals surface area contributed by atoms with E-state index in [2.05, 4.69) is 10.3 Å². The van der Waals surface area contributed by atoms with Gasteiger partial charge in [0.25, 0.3) is 5.91 Å². The summed E-state index contributed by atoms with van der Waals surface area (Å²) in [5, 5.41) is 2.87. The normalized spacial score (nSPS) is 17.8. The van der Waals surface area contributed by atoms with Crippen LogP contribution in [-0.2, 0) is 21.3 Å². The lowest BCUT2D eigenvalue weighted by atomic mass is 9.75. The van der Waals surface area contributed by atoms with Crippen molar-refractivity contribution in [2.45, 2.75) is 50.7 Å². The second-order valence-corrected chi connectivity index (χ2v) is 13.2. The number of pyridine rings is 1. The predicted octanol–water partition coefficient (Wildman–Crippen LogP) is 3.29. The second kappa shape index (κ2) is 9.70. The third kappa shape index (κ3) is 5.39. The van der Waals surface area contributed by atoms with E-state index in [0.29, 0.717) is 31.7 Å². The lowest BCUT2D eigenvalue weighted by Gasteiger charge is -2.53. The van der Waals surface area contributed by atoms with Crippen LogP contribution < -0.4 is 5.32 Å². The molecule has 1 spiro atoms. The molecule has 202 valence electrons. The molecule has 0 unspecified atom stereocenters. The summed E-state index contributed by atoms with van der Waals surface area (Å²) >= 11 is 0. The minimum Gasteiger partial charge on any atom is -0.444 e. The van der Waals surface area contributed by atoms with Gasteiger partial charge in [0.05, 0.1) is 10.5 Å². The van der Waals surface area contributed by atoms with E-state index in [1.165, 1.54) is 4.31 Å². The summed E-state index contributed by atoms with van der Waals surface area (Å²) < 4.78 is 35.2. The zero-order valence-electron chi connectivity index (χ0n) is 21.9. The number of sulfonamides is 1. The number of carbonyl (C=O) groups is 2. The molecule has 5 rings (SSSR count). The summed E-state index contributed by atoms with van der Waals surface area (Å²) in [6, 6.07) is 10.1. The minimum atomic E-state index is -3.65. The third-order valence-corrected chi connectivity index (χ3v) is 8.81. The third-order valence-electron chi connectivity index (χ3n) is 7.00. The van der Waals surface area contributed by atoms with E-state index in [-0.39, 0.29) is 28.9 Å². The van der Waals surface area contributed by atoms with Gasteiger partial charge in [0.15, 0.2) is 0 Å². The zero-order chi connectivity index (χ0) is 27.1. The van der Waals surface area contributed by atoms with Gasteiger partial charge < -0.3 is 19.4 Å². The number of hydrogen-bond acceptors (Lipinski definition) is 6. The highest BCUT2D eigenvalue weighted by molar-refractivity contribution is 7.89. The van der Waals surface area contributed by atoms with E-state index in [4.69, 9.17) is 4.74 Å². The van der Waals surface area contributed by atoms with Crippen molar-refractivity contribution in [3.8, 4) is 0 Å². The number of ether oxygens (including phenoxy) is 1. The highest BCUT2D eigenvalue weighted by Gasteiger charge is 2.51. The van der Waals surface area contributed by atoms with Crippen molar-refractivity contribution in [1.29, 1.82) is 0 Å². The van der Waals surface area contributed by atoms with Crippen molar-refractivity contribution < 1.29 is 22.7 Å². The number of aromatic nitrogens is 2. The Labute approximate surface area is 222 Å². The number of nitrogens with zero attached hydrogens (tertiary/aromatic N) is 4. The Morgan fingerprint density at radius 3 is 2.53 bits per heavy atom. The summed E-state index contributed by atoms with van der Waals surface area (Å²) in [7, 11) is -3.65. The van der Waals surface area contributed by atoms with Crippen molar-refractivity contribution in [3.63, 3.8) is 0 Å². The summed E-state index contributed by atoms with van der Waals surface area (Å²) in [6.07, 6.45) is 6.51. The molecule has 0 atom stereocenters. The van der Waals surface area contributed by atoms with Crippen LogP contribution in [0.1, 0.15) is 49.5 Å². The summed E-state index contributed by atoms with van der Waals surface area (Å²) in [6.45, 7) is 7.67. The Balaban J connectivity index is 1.16. The molecule has 2 aromatic heterocycles. The number of nitrogens with one attached hydrogen (secondary N) is 1. The molecule has 11 heteroatoms. The van der Waals surface area contributed by atoms with Gasteiger partial charge in [-0.3, -0.25) is 4.79 Å². The average Bonchev–Trinajstić information content (AvgIpc) is 3.33. The van der Waals surface area contributed by atoms with Crippen LogP contribution in [0.5, 0.6) is 0 Å². The van der Waals surface area contributed by atoms with Gasteiger partial charge in [0.1, 0.15) is 11.2 Å². The van der Waals surface area contributed by atoms with Gasteiger partial charge in [-0.15, -0.1) is 0 Å². The molecule has 2 fully saturated rings. The molecule has 1 N–H and O–H groups in total. The lowest BCUT2D eigenvalue weighted by molar-refractivity contribution is -0.0291. The molecular weight excluding hydrogens is 506 g/mol. The zero-order valence-corrected chi connectivity index (χ0v) is 22.7. The molecule has 10 nitrogen and oxygen atoms in total. The monoisotopic (exact) mass is 539 g/mol. The second-order valence-electron chi connectivity index (χ2n) is 11.2. The number of imidazole rings is 1. The number of benzene rings is 1. The van der Waals surface area contributed by atoms with Crippen LogP contribution in [0.15, 0.2) is 59.9 Å². The van der Waals surface area contributed by atoms with Crippen molar-refractivity contribution in [3.05, 3.63) is 66.1 Å². The smallest absolute Gasteiger partial charge is 0.410 e.